The Morgan fingerprint density at radius 1 is 1.16 bits per heavy atom. The molecular formula is C27H44F3N5O3. The molecule has 2 aliphatic carbocycles. The van der Waals surface area contributed by atoms with Gasteiger partial charge in [-0.3, -0.25) is 14.4 Å². The molecule has 0 aromatic carbocycles. The minimum absolute atomic E-state index is 0.0121. The van der Waals surface area contributed by atoms with Crippen LogP contribution >= 0.6 is 0 Å². The second-order valence-electron chi connectivity index (χ2n) is 11.7. The fourth-order valence-corrected chi connectivity index (χ4v) is 6.61. The molecule has 2 fully saturated rings. The first kappa shape index (κ1) is 29.3. The second-order valence-corrected chi connectivity index (χ2v) is 11.7. The zero-order valence-corrected chi connectivity index (χ0v) is 23.3. The summed E-state index contributed by atoms with van der Waals surface area (Å²) in [4.78, 5) is 17.2. The number of aromatic nitrogens is 2. The highest BCUT2D eigenvalue weighted by Gasteiger charge is 2.51. The number of likely N-dealkylation sites (N-methyl/N-ethyl adjacent to an activating group) is 2. The Bertz CT molecular complexity index is 931. The number of hydrogen-bond donors (Lipinski definition) is 1. The van der Waals surface area contributed by atoms with Crippen molar-refractivity contribution in [3.8, 4) is 0 Å². The highest BCUT2D eigenvalue weighted by Crippen LogP contribution is 2.47. The second kappa shape index (κ2) is 12.2. The molecule has 1 aliphatic heterocycles. The Morgan fingerprint density at radius 3 is 2.39 bits per heavy atom. The lowest BCUT2D eigenvalue weighted by molar-refractivity contribution is -0.206. The van der Waals surface area contributed by atoms with Gasteiger partial charge in [0, 0.05) is 57.3 Å². The van der Waals surface area contributed by atoms with Crippen LogP contribution in [0.1, 0.15) is 61.4 Å². The Kier molecular flexibility index (Phi) is 9.43. The van der Waals surface area contributed by atoms with Gasteiger partial charge in [0.1, 0.15) is 0 Å². The third-order valence-corrected chi connectivity index (χ3v) is 8.88. The number of ether oxygens (including phenoxy) is 2. The maximum Gasteiger partial charge on any atom is 0.391 e. The molecule has 1 amide bonds. The number of carbonyl (C=O) groups excluding carboxylic acids is 1. The monoisotopic (exact) mass is 543 g/mol. The molecule has 3 aliphatic rings. The lowest BCUT2D eigenvalue weighted by Crippen LogP contribution is -2.48. The lowest BCUT2D eigenvalue weighted by atomic mass is 9.69. The van der Waals surface area contributed by atoms with Gasteiger partial charge in [0.05, 0.1) is 43.6 Å². The Morgan fingerprint density at radius 2 is 1.82 bits per heavy atom. The molecule has 2 heterocycles. The van der Waals surface area contributed by atoms with E-state index < -0.39 is 18.0 Å². The van der Waals surface area contributed by atoms with Crippen LogP contribution in [0.15, 0.2) is 0 Å². The summed E-state index contributed by atoms with van der Waals surface area (Å²) in [5.74, 6) is -1.69. The van der Waals surface area contributed by atoms with Crippen LogP contribution in [0.4, 0.5) is 13.2 Å². The molecule has 1 N–H and O–H groups in total. The summed E-state index contributed by atoms with van der Waals surface area (Å²) in [5, 5.41) is 8.21. The minimum Gasteiger partial charge on any atom is -0.384 e. The molecule has 11 heteroatoms. The van der Waals surface area contributed by atoms with E-state index in [1.807, 2.05) is 11.7 Å². The average Bonchev–Trinajstić information content (AvgIpc) is 3.18. The van der Waals surface area contributed by atoms with E-state index in [0.29, 0.717) is 38.8 Å². The van der Waals surface area contributed by atoms with Gasteiger partial charge >= 0.3 is 6.18 Å². The van der Waals surface area contributed by atoms with Crippen molar-refractivity contribution >= 4 is 5.91 Å². The molecule has 0 spiro atoms. The van der Waals surface area contributed by atoms with E-state index in [4.69, 9.17) is 14.6 Å². The lowest BCUT2D eigenvalue weighted by Gasteiger charge is -2.41. The molecule has 38 heavy (non-hydrogen) atoms. The molecule has 8 nitrogen and oxygen atoms in total. The first-order valence-electron chi connectivity index (χ1n) is 13.9. The highest BCUT2D eigenvalue weighted by atomic mass is 19.4. The normalized spacial score (nSPS) is 23.9. The summed E-state index contributed by atoms with van der Waals surface area (Å²) in [7, 11) is 7.50. The fraction of sp³-hybridized carbons (Fsp3) is 0.852. The van der Waals surface area contributed by atoms with Crippen LogP contribution in [-0.4, -0.2) is 92.8 Å². The summed E-state index contributed by atoms with van der Waals surface area (Å²) < 4.78 is 52.2. The van der Waals surface area contributed by atoms with Crippen molar-refractivity contribution in [2.75, 3.05) is 61.2 Å². The Balaban J connectivity index is 1.53. The van der Waals surface area contributed by atoms with Gasteiger partial charge in [-0.05, 0) is 58.5 Å². The van der Waals surface area contributed by atoms with Crippen LogP contribution in [0.2, 0.25) is 0 Å². The van der Waals surface area contributed by atoms with Crippen LogP contribution in [0.5, 0.6) is 0 Å². The summed E-state index contributed by atoms with van der Waals surface area (Å²) in [6.07, 6.45) is -0.428. The molecule has 1 aromatic rings. The zero-order chi connectivity index (χ0) is 27.5. The molecule has 216 valence electrons. The van der Waals surface area contributed by atoms with Gasteiger partial charge in [0.15, 0.2) is 0 Å². The van der Waals surface area contributed by atoms with Crippen molar-refractivity contribution in [3.05, 3.63) is 17.0 Å². The average molecular weight is 544 g/mol. The Hall–Kier alpha value is -1.69. The highest BCUT2D eigenvalue weighted by molar-refractivity contribution is 5.80. The van der Waals surface area contributed by atoms with Crippen LogP contribution in [0.25, 0.3) is 0 Å². The molecule has 2 saturated carbocycles. The minimum atomic E-state index is -4.21. The smallest absolute Gasteiger partial charge is 0.384 e. The number of methoxy groups -OCH3 is 2. The number of rotatable bonds is 11. The van der Waals surface area contributed by atoms with Crippen molar-refractivity contribution < 1.29 is 27.4 Å². The maximum absolute atomic E-state index is 13.2. The number of amides is 1. The predicted octanol–water partition coefficient (Wildman–Crippen LogP) is 3.40. The van der Waals surface area contributed by atoms with Gasteiger partial charge in [0.25, 0.3) is 0 Å². The van der Waals surface area contributed by atoms with Gasteiger partial charge in [-0.15, -0.1) is 0 Å². The number of alkyl halides is 3. The zero-order valence-electron chi connectivity index (χ0n) is 23.3. The molecule has 0 radical (unpaired) electrons. The SMILES string of the molecule is CNCCN(C)Cc1nn2c(c1C1CCC(COC)(COC)CC1)CN(C(=O)C1CC(C(F)(F)F)C1)CC2. The number of halogens is 3. The number of carbonyl (C=O) groups is 1. The van der Waals surface area contributed by atoms with Gasteiger partial charge < -0.3 is 19.7 Å². The van der Waals surface area contributed by atoms with Gasteiger partial charge in [-0.2, -0.15) is 18.3 Å². The number of fused-ring (bicyclic) bond motifs is 1. The predicted molar refractivity (Wildman–Crippen MR) is 138 cm³/mol. The van der Waals surface area contributed by atoms with Crippen molar-refractivity contribution in [1.82, 2.24) is 24.9 Å². The van der Waals surface area contributed by atoms with Crippen molar-refractivity contribution in [3.63, 3.8) is 0 Å². The molecule has 0 bridgehead atoms. The number of hydrogen-bond acceptors (Lipinski definition) is 6. The molecular weight excluding hydrogens is 499 g/mol. The fourth-order valence-electron chi connectivity index (χ4n) is 6.61. The van der Waals surface area contributed by atoms with E-state index in [0.717, 1.165) is 56.7 Å². The van der Waals surface area contributed by atoms with Gasteiger partial charge in [-0.25, -0.2) is 0 Å². The molecule has 0 unspecified atom stereocenters. The van der Waals surface area contributed by atoms with Crippen LogP contribution < -0.4 is 5.32 Å². The van der Waals surface area contributed by atoms with Crippen molar-refractivity contribution in [2.45, 2.75) is 70.3 Å². The number of nitrogens with zero attached hydrogens (tertiary/aromatic N) is 4. The van der Waals surface area contributed by atoms with Gasteiger partial charge in [0.2, 0.25) is 5.91 Å². The van der Waals surface area contributed by atoms with E-state index in [-0.39, 0.29) is 24.2 Å². The van der Waals surface area contributed by atoms with Crippen molar-refractivity contribution in [2.24, 2.45) is 17.3 Å². The molecule has 0 saturated heterocycles. The quantitative estimate of drug-likeness (QED) is 0.462. The summed E-state index contributed by atoms with van der Waals surface area (Å²) in [6, 6.07) is 0. The van der Waals surface area contributed by atoms with Crippen LogP contribution in [0.3, 0.4) is 0 Å². The van der Waals surface area contributed by atoms with E-state index in [9.17, 15) is 18.0 Å². The van der Waals surface area contributed by atoms with Gasteiger partial charge in [-0.1, -0.05) is 0 Å². The summed E-state index contributed by atoms with van der Waals surface area (Å²) >= 11 is 0. The van der Waals surface area contributed by atoms with E-state index in [2.05, 4.69) is 17.3 Å². The number of nitrogens with one attached hydrogen (secondary N) is 1. The van der Waals surface area contributed by atoms with E-state index >= 15 is 0 Å². The summed E-state index contributed by atoms with van der Waals surface area (Å²) in [5.41, 5.74) is 3.37. The van der Waals surface area contributed by atoms with E-state index in [1.165, 1.54) is 5.56 Å². The first-order valence-corrected chi connectivity index (χ1v) is 13.9. The molecule has 4 rings (SSSR count). The van der Waals surface area contributed by atoms with Crippen molar-refractivity contribution in [1.29, 1.82) is 0 Å². The molecule has 1 aromatic heterocycles. The van der Waals surface area contributed by atoms with E-state index in [1.54, 1.807) is 19.1 Å². The largest absolute Gasteiger partial charge is 0.391 e. The standard InChI is InChI=1S/C27H44F3N5O3/c1-31-9-10-33(2)15-22-24(19-5-7-26(8-6-19,17-37-3)18-38-4)23-16-34(11-12-35(23)32-22)25(36)20-13-21(14-20)27(28,29)30/h19-21,31H,5-18H2,1-4H3. The van der Waals surface area contributed by atoms with Crippen LogP contribution in [-0.2, 0) is 33.9 Å². The Labute approximate surface area is 224 Å². The maximum atomic E-state index is 13.2. The molecule has 0 atom stereocenters. The first-order chi connectivity index (χ1) is 18.1. The third kappa shape index (κ3) is 6.37. The topological polar surface area (TPSA) is 71.9 Å². The summed E-state index contributed by atoms with van der Waals surface area (Å²) in [6.45, 7) is 5.31. The van der Waals surface area contributed by atoms with Crippen LogP contribution in [0, 0.1) is 17.3 Å². The third-order valence-electron chi connectivity index (χ3n) is 8.88.